The van der Waals surface area contributed by atoms with Crippen LogP contribution in [0.5, 0.6) is 0 Å². The second kappa shape index (κ2) is 5.33. The average Bonchev–Trinajstić information content (AvgIpc) is 2.39. The maximum Gasteiger partial charge on any atom is 0.376 e. The molecular formula is C12H15BN2O3. The lowest BCUT2D eigenvalue weighted by molar-refractivity contribution is -0.384. The molecule has 0 aliphatic carbocycles. The molecular weight excluding hydrogens is 231 g/mol. The molecule has 5 nitrogen and oxygen atoms in total. The molecule has 0 radical (unpaired) electrons. The third kappa shape index (κ3) is 2.77. The van der Waals surface area contributed by atoms with Crippen molar-refractivity contribution in [1.82, 2.24) is 4.81 Å². The van der Waals surface area contributed by atoms with Gasteiger partial charge < -0.3 is 9.83 Å². The van der Waals surface area contributed by atoms with Crippen LogP contribution in [0.4, 0.5) is 5.69 Å². The van der Waals surface area contributed by atoms with Crippen LogP contribution in [0.2, 0.25) is 6.82 Å². The van der Waals surface area contributed by atoms with Gasteiger partial charge in [0.1, 0.15) is 0 Å². The molecule has 0 saturated carbocycles. The monoisotopic (exact) mass is 246 g/mol. The minimum Gasteiger partial charge on any atom is -0.437 e. The molecule has 0 unspecified atom stereocenters. The molecule has 94 valence electrons. The Labute approximate surface area is 106 Å². The first-order valence-corrected chi connectivity index (χ1v) is 5.94. The van der Waals surface area contributed by atoms with Crippen LogP contribution in [0.15, 0.2) is 30.3 Å². The quantitative estimate of drug-likeness (QED) is 0.501. The predicted molar refractivity (Wildman–Crippen MR) is 71.1 cm³/mol. The van der Waals surface area contributed by atoms with E-state index in [1.807, 2.05) is 17.0 Å². The van der Waals surface area contributed by atoms with Gasteiger partial charge in [-0.25, -0.2) is 0 Å². The minimum absolute atomic E-state index is 0.117. The fraction of sp³-hybridized carbons (Fsp3) is 0.333. The zero-order chi connectivity index (χ0) is 13.1. The fourth-order valence-electron chi connectivity index (χ4n) is 2.11. The number of nitro groups is 1. The molecule has 0 aromatic heterocycles. The molecule has 0 saturated heterocycles. The molecule has 1 N–H and O–H groups in total. The number of non-ortho nitro benzene ring substituents is 1. The number of hydrogen-bond donors (Lipinski definition) is 1. The van der Waals surface area contributed by atoms with Crippen molar-refractivity contribution in [2.24, 2.45) is 0 Å². The van der Waals surface area contributed by atoms with Gasteiger partial charge in [0.05, 0.1) is 4.92 Å². The fourth-order valence-corrected chi connectivity index (χ4v) is 2.11. The topological polar surface area (TPSA) is 66.6 Å². The molecule has 1 aromatic rings. The molecule has 0 bridgehead atoms. The summed E-state index contributed by atoms with van der Waals surface area (Å²) in [6.45, 7) is 3.19. The Hall–Kier alpha value is -1.66. The summed E-state index contributed by atoms with van der Waals surface area (Å²) in [6, 6.07) is 6.69. The van der Waals surface area contributed by atoms with E-state index in [4.69, 9.17) is 0 Å². The first-order valence-electron chi connectivity index (χ1n) is 5.94. The lowest BCUT2D eigenvalue weighted by Gasteiger charge is -2.27. The Morgan fingerprint density at radius 2 is 2.28 bits per heavy atom. The van der Waals surface area contributed by atoms with Crippen molar-refractivity contribution >= 4 is 18.3 Å². The molecule has 0 fully saturated rings. The van der Waals surface area contributed by atoms with Crippen LogP contribution < -0.4 is 0 Å². The first kappa shape index (κ1) is 12.8. The van der Waals surface area contributed by atoms with E-state index in [2.05, 4.69) is 0 Å². The summed E-state index contributed by atoms with van der Waals surface area (Å²) in [5.74, 6) is 0. The average molecular weight is 246 g/mol. The number of rotatable bonds is 3. The van der Waals surface area contributed by atoms with E-state index in [1.165, 1.54) is 6.07 Å². The smallest absolute Gasteiger partial charge is 0.376 e. The lowest BCUT2D eigenvalue weighted by Crippen LogP contribution is -2.39. The highest BCUT2D eigenvalue weighted by Crippen LogP contribution is 2.25. The Morgan fingerprint density at radius 3 is 2.83 bits per heavy atom. The molecule has 0 atom stereocenters. The molecule has 0 spiro atoms. The third-order valence-corrected chi connectivity index (χ3v) is 3.20. The molecule has 1 aliphatic heterocycles. The summed E-state index contributed by atoms with van der Waals surface area (Å²) >= 11 is 0. The zero-order valence-electron chi connectivity index (χ0n) is 10.2. The summed E-state index contributed by atoms with van der Waals surface area (Å²) < 4.78 is 0. The number of nitrogens with zero attached hydrogens (tertiary/aromatic N) is 2. The second-order valence-corrected chi connectivity index (χ2v) is 4.41. The standard InChI is InChI=1S/C12H15BN2O3/c1-13(16)14-7-5-10(6-8-14)11-3-2-4-12(9-11)15(17)18/h2-5,9,16H,6-8H2,1H3. The van der Waals surface area contributed by atoms with Crippen LogP contribution in [-0.2, 0) is 0 Å². The van der Waals surface area contributed by atoms with E-state index in [1.54, 1.807) is 19.0 Å². The van der Waals surface area contributed by atoms with Gasteiger partial charge in [-0.2, -0.15) is 0 Å². The maximum atomic E-state index is 10.7. The third-order valence-electron chi connectivity index (χ3n) is 3.20. The van der Waals surface area contributed by atoms with Gasteiger partial charge in [0.15, 0.2) is 0 Å². The summed E-state index contributed by atoms with van der Waals surface area (Å²) in [6.07, 6.45) is 2.82. The molecule has 1 aliphatic rings. The first-order chi connectivity index (χ1) is 8.58. The molecule has 1 aromatic carbocycles. The van der Waals surface area contributed by atoms with Crippen LogP contribution in [-0.4, -0.2) is 34.9 Å². The van der Waals surface area contributed by atoms with E-state index < -0.39 is 7.05 Å². The van der Waals surface area contributed by atoms with E-state index in [0.717, 1.165) is 24.1 Å². The SMILES string of the molecule is CB(O)N1CC=C(c2cccc([N+](=O)[O-])c2)CC1. The van der Waals surface area contributed by atoms with Crippen molar-refractivity contribution in [2.75, 3.05) is 13.1 Å². The van der Waals surface area contributed by atoms with Crippen molar-refractivity contribution in [3.63, 3.8) is 0 Å². The van der Waals surface area contributed by atoms with Crippen molar-refractivity contribution in [2.45, 2.75) is 13.2 Å². The van der Waals surface area contributed by atoms with Gasteiger partial charge in [-0.1, -0.05) is 18.2 Å². The molecule has 6 heteroatoms. The predicted octanol–water partition coefficient (Wildman–Crippen LogP) is 1.79. The van der Waals surface area contributed by atoms with E-state index in [0.29, 0.717) is 6.54 Å². The van der Waals surface area contributed by atoms with E-state index in [-0.39, 0.29) is 10.6 Å². The Kier molecular flexibility index (Phi) is 3.79. The van der Waals surface area contributed by atoms with Gasteiger partial charge in [0.25, 0.3) is 5.69 Å². The Morgan fingerprint density at radius 1 is 1.50 bits per heavy atom. The summed E-state index contributed by atoms with van der Waals surface area (Å²) in [4.78, 5) is 12.3. The van der Waals surface area contributed by atoms with Crippen LogP contribution in [0.3, 0.4) is 0 Å². The molecule has 0 amide bonds. The Bertz CT molecular complexity index is 488. The van der Waals surface area contributed by atoms with Crippen LogP contribution in [0, 0.1) is 10.1 Å². The molecule has 18 heavy (non-hydrogen) atoms. The van der Waals surface area contributed by atoms with Gasteiger partial charge >= 0.3 is 7.05 Å². The van der Waals surface area contributed by atoms with Gasteiger partial charge in [-0.05, 0) is 30.9 Å². The van der Waals surface area contributed by atoms with Crippen molar-refractivity contribution in [3.8, 4) is 0 Å². The van der Waals surface area contributed by atoms with Crippen molar-refractivity contribution in [1.29, 1.82) is 0 Å². The summed E-state index contributed by atoms with van der Waals surface area (Å²) in [5, 5.41) is 20.2. The van der Waals surface area contributed by atoms with Gasteiger partial charge in [-0.3, -0.25) is 10.1 Å². The van der Waals surface area contributed by atoms with Gasteiger partial charge in [0.2, 0.25) is 0 Å². The van der Waals surface area contributed by atoms with Gasteiger partial charge in [-0.15, -0.1) is 0 Å². The normalized spacial score (nSPS) is 16.2. The van der Waals surface area contributed by atoms with Crippen molar-refractivity contribution in [3.05, 3.63) is 46.0 Å². The lowest BCUT2D eigenvalue weighted by atomic mass is 9.82. The molecule has 1 heterocycles. The number of hydrogen-bond acceptors (Lipinski definition) is 4. The highest BCUT2D eigenvalue weighted by Gasteiger charge is 2.19. The number of nitro benzene ring substituents is 1. The van der Waals surface area contributed by atoms with Crippen LogP contribution >= 0.6 is 0 Å². The van der Waals surface area contributed by atoms with Crippen LogP contribution in [0.25, 0.3) is 5.57 Å². The summed E-state index contributed by atoms with van der Waals surface area (Å²) in [5.41, 5.74) is 2.12. The van der Waals surface area contributed by atoms with E-state index >= 15 is 0 Å². The number of benzene rings is 1. The Balaban J connectivity index is 2.18. The van der Waals surface area contributed by atoms with Crippen LogP contribution in [0.1, 0.15) is 12.0 Å². The largest absolute Gasteiger partial charge is 0.437 e. The maximum absolute atomic E-state index is 10.7. The molecule has 2 rings (SSSR count). The minimum atomic E-state index is -0.451. The van der Waals surface area contributed by atoms with Gasteiger partial charge in [0, 0.05) is 18.7 Å². The van der Waals surface area contributed by atoms with E-state index in [9.17, 15) is 15.1 Å². The summed E-state index contributed by atoms with van der Waals surface area (Å²) in [7, 11) is -0.451. The second-order valence-electron chi connectivity index (χ2n) is 4.41. The highest BCUT2D eigenvalue weighted by molar-refractivity contribution is 6.45. The van der Waals surface area contributed by atoms with Crippen molar-refractivity contribution < 1.29 is 9.95 Å². The highest BCUT2D eigenvalue weighted by atomic mass is 16.6. The zero-order valence-corrected chi connectivity index (χ0v) is 10.2.